The van der Waals surface area contributed by atoms with E-state index in [1.165, 1.54) is 0 Å². The van der Waals surface area contributed by atoms with Crippen LogP contribution in [0.15, 0.2) is 30.6 Å². The van der Waals surface area contributed by atoms with Crippen LogP contribution in [-0.4, -0.2) is 59.0 Å². The second-order valence-corrected chi connectivity index (χ2v) is 7.48. The number of pyridine rings is 1. The third-order valence-corrected chi connectivity index (χ3v) is 5.64. The second-order valence-electron chi connectivity index (χ2n) is 7.48. The zero-order chi connectivity index (χ0) is 19.3. The Morgan fingerprint density at radius 1 is 1.18 bits per heavy atom. The molecule has 2 fully saturated rings. The van der Waals surface area contributed by atoms with Crippen molar-refractivity contribution >= 4 is 11.7 Å². The Morgan fingerprint density at radius 3 is 2.96 bits per heavy atom. The minimum atomic E-state index is 0.197. The van der Waals surface area contributed by atoms with Crippen LogP contribution in [0.2, 0.25) is 0 Å². The van der Waals surface area contributed by atoms with Gasteiger partial charge in [0.1, 0.15) is 11.6 Å². The van der Waals surface area contributed by atoms with E-state index in [4.69, 9.17) is 4.74 Å². The van der Waals surface area contributed by atoms with Crippen molar-refractivity contribution in [3.63, 3.8) is 0 Å². The van der Waals surface area contributed by atoms with E-state index in [2.05, 4.69) is 25.9 Å². The predicted octanol–water partition coefficient (Wildman–Crippen LogP) is 2.43. The van der Waals surface area contributed by atoms with Gasteiger partial charge in [0.25, 0.3) is 0 Å². The fourth-order valence-corrected chi connectivity index (χ4v) is 4.09. The SMILES string of the molecule is COc1ccnc(C2CCN(CCc3cccnc3N3CCCCC3=O)C2)n1. The number of hydrogen-bond donors (Lipinski definition) is 0. The van der Waals surface area contributed by atoms with Crippen LogP contribution in [0.25, 0.3) is 0 Å². The Balaban J connectivity index is 1.38. The van der Waals surface area contributed by atoms with Crippen molar-refractivity contribution in [1.29, 1.82) is 0 Å². The molecule has 2 saturated heterocycles. The number of rotatable bonds is 6. The lowest BCUT2D eigenvalue weighted by Crippen LogP contribution is -2.36. The molecule has 1 atom stereocenters. The first-order valence-corrected chi connectivity index (χ1v) is 10.1. The summed E-state index contributed by atoms with van der Waals surface area (Å²) in [4.78, 5) is 30.1. The normalized spacial score (nSPS) is 20.5. The monoisotopic (exact) mass is 381 g/mol. The largest absolute Gasteiger partial charge is 0.481 e. The van der Waals surface area contributed by atoms with Crippen molar-refractivity contribution in [3.8, 4) is 5.88 Å². The van der Waals surface area contributed by atoms with Crippen molar-refractivity contribution in [3.05, 3.63) is 42.0 Å². The number of likely N-dealkylation sites (tertiary alicyclic amines) is 1. The molecule has 0 aliphatic carbocycles. The number of methoxy groups -OCH3 is 1. The van der Waals surface area contributed by atoms with Gasteiger partial charge >= 0.3 is 0 Å². The molecule has 2 aromatic heterocycles. The maximum atomic E-state index is 12.3. The smallest absolute Gasteiger partial charge is 0.228 e. The highest BCUT2D eigenvalue weighted by Gasteiger charge is 2.27. The van der Waals surface area contributed by atoms with E-state index in [0.29, 0.717) is 18.2 Å². The Morgan fingerprint density at radius 2 is 2.11 bits per heavy atom. The van der Waals surface area contributed by atoms with Crippen LogP contribution in [-0.2, 0) is 11.2 Å². The number of amides is 1. The summed E-state index contributed by atoms with van der Waals surface area (Å²) in [6.07, 6.45) is 8.16. The van der Waals surface area contributed by atoms with E-state index in [0.717, 1.165) is 69.1 Å². The Bertz CT molecular complexity index is 828. The quantitative estimate of drug-likeness (QED) is 0.765. The van der Waals surface area contributed by atoms with Gasteiger partial charge in [-0.05, 0) is 43.9 Å². The Labute approximate surface area is 165 Å². The van der Waals surface area contributed by atoms with Gasteiger partial charge in [0.2, 0.25) is 11.8 Å². The van der Waals surface area contributed by atoms with Crippen molar-refractivity contribution in [2.45, 2.75) is 38.0 Å². The van der Waals surface area contributed by atoms with Gasteiger partial charge in [-0.1, -0.05) is 6.07 Å². The van der Waals surface area contributed by atoms with Gasteiger partial charge in [-0.15, -0.1) is 0 Å². The number of anilines is 1. The van der Waals surface area contributed by atoms with E-state index in [1.54, 1.807) is 25.6 Å². The molecule has 28 heavy (non-hydrogen) atoms. The molecule has 0 aromatic carbocycles. The van der Waals surface area contributed by atoms with Gasteiger partial charge < -0.3 is 9.64 Å². The highest BCUT2D eigenvalue weighted by Crippen LogP contribution is 2.27. The molecule has 2 aliphatic heterocycles. The average molecular weight is 381 g/mol. The number of ether oxygens (including phenoxy) is 1. The zero-order valence-corrected chi connectivity index (χ0v) is 16.4. The summed E-state index contributed by atoms with van der Waals surface area (Å²) < 4.78 is 5.22. The van der Waals surface area contributed by atoms with Gasteiger partial charge in [0.05, 0.1) is 7.11 Å². The predicted molar refractivity (Wildman–Crippen MR) is 107 cm³/mol. The van der Waals surface area contributed by atoms with Gasteiger partial charge in [-0.3, -0.25) is 9.69 Å². The van der Waals surface area contributed by atoms with Crippen LogP contribution < -0.4 is 9.64 Å². The molecule has 0 radical (unpaired) electrons. The van der Waals surface area contributed by atoms with Crippen molar-refractivity contribution in [2.75, 3.05) is 38.2 Å². The molecule has 7 nitrogen and oxygen atoms in total. The molecule has 0 spiro atoms. The molecule has 0 saturated carbocycles. The van der Waals surface area contributed by atoms with Gasteiger partial charge in [-0.25, -0.2) is 9.97 Å². The number of aromatic nitrogens is 3. The molecule has 7 heteroatoms. The lowest BCUT2D eigenvalue weighted by molar-refractivity contribution is -0.119. The molecular weight excluding hydrogens is 354 g/mol. The zero-order valence-electron chi connectivity index (χ0n) is 16.4. The Hall–Kier alpha value is -2.54. The number of carbonyl (C=O) groups excluding carboxylic acids is 1. The first kappa shape index (κ1) is 18.8. The molecule has 1 amide bonds. The molecular formula is C21H27N5O2. The third kappa shape index (κ3) is 4.14. The van der Waals surface area contributed by atoms with Gasteiger partial charge in [0.15, 0.2) is 0 Å². The van der Waals surface area contributed by atoms with Crippen LogP contribution >= 0.6 is 0 Å². The maximum absolute atomic E-state index is 12.3. The second kappa shape index (κ2) is 8.65. The average Bonchev–Trinajstić information content (AvgIpc) is 3.22. The summed E-state index contributed by atoms with van der Waals surface area (Å²) in [5.74, 6) is 2.87. The minimum Gasteiger partial charge on any atom is -0.481 e. The van der Waals surface area contributed by atoms with Crippen LogP contribution in [0.1, 0.15) is 43.0 Å². The first-order chi connectivity index (χ1) is 13.7. The summed E-state index contributed by atoms with van der Waals surface area (Å²) in [6, 6.07) is 5.84. The van der Waals surface area contributed by atoms with Crippen molar-refractivity contribution in [1.82, 2.24) is 19.9 Å². The minimum absolute atomic E-state index is 0.197. The fraction of sp³-hybridized carbons (Fsp3) is 0.524. The lowest BCUT2D eigenvalue weighted by atomic mass is 10.1. The molecule has 0 N–H and O–H groups in total. The number of hydrogen-bond acceptors (Lipinski definition) is 6. The molecule has 148 valence electrons. The summed E-state index contributed by atoms with van der Waals surface area (Å²) in [7, 11) is 1.63. The van der Waals surface area contributed by atoms with Crippen LogP contribution in [0.4, 0.5) is 5.82 Å². The summed E-state index contributed by atoms with van der Waals surface area (Å²) in [5, 5.41) is 0. The van der Waals surface area contributed by atoms with E-state index in [9.17, 15) is 4.79 Å². The molecule has 0 bridgehead atoms. The third-order valence-electron chi connectivity index (χ3n) is 5.64. The number of nitrogens with zero attached hydrogens (tertiary/aromatic N) is 5. The summed E-state index contributed by atoms with van der Waals surface area (Å²) in [5.41, 5.74) is 1.15. The van der Waals surface area contributed by atoms with E-state index in [1.807, 2.05) is 11.0 Å². The van der Waals surface area contributed by atoms with Gasteiger partial charge in [-0.2, -0.15) is 4.98 Å². The van der Waals surface area contributed by atoms with E-state index >= 15 is 0 Å². The maximum Gasteiger partial charge on any atom is 0.228 e. The first-order valence-electron chi connectivity index (χ1n) is 10.1. The van der Waals surface area contributed by atoms with Crippen molar-refractivity contribution < 1.29 is 9.53 Å². The van der Waals surface area contributed by atoms with Gasteiger partial charge in [0, 0.05) is 50.4 Å². The summed E-state index contributed by atoms with van der Waals surface area (Å²) in [6.45, 7) is 3.71. The van der Waals surface area contributed by atoms with Crippen LogP contribution in [0.3, 0.4) is 0 Å². The van der Waals surface area contributed by atoms with E-state index < -0.39 is 0 Å². The lowest BCUT2D eigenvalue weighted by Gasteiger charge is -2.28. The fourth-order valence-electron chi connectivity index (χ4n) is 4.09. The Kier molecular flexibility index (Phi) is 5.81. The number of piperidine rings is 1. The standard InChI is InChI=1S/C21H27N5O2/c1-28-18-7-11-22-20(24-18)17-9-14-25(15-17)13-8-16-5-4-10-23-21(16)26-12-3-2-6-19(26)27/h4-5,7,10-11,17H,2-3,6,8-9,12-15H2,1H3. The molecule has 4 rings (SSSR count). The van der Waals surface area contributed by atoms with E-state index in [-0.39, 0.29) is 5.91 Å². The van der Waals surface area contributed by atoms with Crippen LogP contribution in [0.5, 0.6) is 5.88 Å². The number of carbonyl (C=O) groups is 1. The molecule has 1 unspecified atom stereocenters. The summed E-state index contributed by atoms with van der Waals surface area (Å²) >= 11 is 0. The molecule has 4 heterocycles. The highest BCUT2D eigenvalue weighted by atomic mass is 16.5. The topological polar surface area (TPSA) is 71.5 Å². The molecule has 2 aromatic rings. The molecule has 2 aliphatic rings. The van der Waals surface area contributed by atoms with Crippen LogP contribution in [0, 0.1) is 0 Å². The van der Waals surface area contributed by atoms with Crippen molar-refractivity contribution in [2.24, 2.45) is 0 Å². The highest BCUT2D eigenvalue weighted by molar-refractivity contribution is 5.93.